The molecule has 0 saturated carbocycles. The van der Waals surface area contributed by atoms with Crippen molar-refractivity contribution in [3.05, 3.63) is 34.4 Å². The van der Waals surface area contributed by atoms with Crippen molar-refractivity contribution >= 4 is 5.78 Å². The smallest absolute Gasteiger partial charge is 0.164 e. The first-order valence-corrected chi connectivity index (χ1v) is 7.01. The molecule has 1 aliphatic heterocycles. The first-order valence-electron chi connectivity index (χ1n) is 7.01. The third-order valence-electron chi connectivity index (χ3n) is 4.21. The molecular weight excluding hydrogens is 236 g/mol. The number of piperazine rings is 1. The zero-order valence-corrected chi connectivity index (χ0v) is 12.4. The molecule has 104 valence electrons. The lowest BCUT2D eigenvalue weighted by molar-refractivity contribution is 0.0916. The van der Waals surface area contributed by atoms with Crippen LogP contribution in [0.15, 0.2) is 12.1 Å². The van der Waals surface area contributed by atoms with Crippen molar-refractivity contribution in [3.63, 3.8) is 0 Å². The Morgan fingerprint density at radius 2 is 1.95 bits per heavy atom. The van der Waals surface area contributed by atoms with E-state index in [0.29, 0.717) is 12.5 Å². The van der Waals surface area contributed by atoms with Gasteiger partial charge >= 0.3 is 0 Å². The van der Waals surface area contributed by atoms with E-state index in [1.165, 1.54) is 11.1 Å². The average Bonchev–Trinajstić information content (AvgIpc) is 2.36. The molecule has 3 heteroatoms. The van der Waals surface area contributed by atoms with Gasteiger partial charge in [-0.15, -0.1) is 0 Å². The van der Waals surface area contributed by atoms with E-state index in [2.05, 4.69) is 37.2 Å². The molecule has 1 unspecified atom stereocenters. The maximum Gasteiger partial charge on any atom is 0.164 e. The fourth-order valence-corrected chi connectivity index (χ4v) is 2.68. The highest BCUT2D eigenvalue weighted by molar-refractivity contribution is 5.98. The quantitative estimate of drug-likeness (QED) is 0.845. The summed E-state index contributed by atoms with van der Waals surface area (Å²) >= 11 is 0. The Kier molecular flexibility index (Phi) is 4.38. The molecule has 1 atom stereocenters. The van der Waals surface area contributed by atoms with Gasteiger partial charge in [0, 0.05) is 37.7 Å². The topological polar surface area (TPSA) is 32.3 Å². The number of aryl methyl sites for hydroxylation is 3. The Hall–Kier alpha value is -1.19. The molecule has 1 saturated heterocycles. The fourth-order valence-electron chi connectivity index (χ4n) is 2.68. The Morgan fingerprint density at radius 3 is 2.63 bits per heavy atom. The molecule has 2 rings (SSSR count). The normalized spacial score (nSPS) is 20.5. The Bertz CT molecular complexity index is 482. The maximum absolute atomic E-state index is 12.5. The van der Waals surface area contributed by atoms with Gasteiger partial charge in [0.05, 0.1) is 0 Å². The van der Waals surface area contributed by atoms with Crippen LogP contribution in [0.5, 0.6) is 0 Å². The highest BCUT2D eigenvalue weighted by Gasteiger charge is 2.22. The van der Waals surface area contributed by atoms with Crippen molar-refractivity contribution in [1.29, 1.82) is 0 Å². The van der Waals surface area contributed by atoms with Crippen LogP contribution >= 0.6 is 0 Å². The number of likely N-dealkylation sites (N-methyl/N-ethyl adjacent to an activating group) is 1. The van der Waals surface area contributed by atoms with E-state index in [1.54, 1.807) is 0 Å². The molecule has 1 aromatic rings. The molecule has 0 radical (unpaired) electrons. The molecule has 0 aromatic heterocycles. The highest BCUT2D eigenvalue weighted by atomic mass is 16.1. The summed E-state index contributed by atoms with van der Waals surface area (Å²) in [6.45, 7) is 9.14. The molecule has 0 spiro atoms. The Balaban J connectivity index is 2.13. The molecule has 19 heavy (non-hydrogen) atoms. The summed E-state index contributed by atoms with van der Waals surface area (Å²) in [5, 5.41) is 3.36. The SMILES string of the molecule is Cc1cc(C)c(C(=O)CC2CNCCN2C)cc1C. The largest absolute Gasteiger partial charge is 0.314 e. The van der Waals surface area contributed by atoms with Gasteiger partial charge in [-0.05, 0) is 50.6 Å². The molecule has 1 N–H and O–H groups in total. The first-order chi connectivity index (χ1) is 8.99. The van der Waals surface area contributed by atoms with Crippen molar-refractivity contribution in [2.75, 3.05) is 26.7 Å². The van der Waals surface area contributed by atoms with Crippen LogP contribution in [0.1, 0.15) is 33.5 Å². The number of rotatable bonds is 3. The summed E-state index contributed by atoms with van der Waals surface area (Å²) in [4.78, 5) is 14.8. The average molecular weight is 260 g/mol. The van der Waals surface area contributed by atoms with E-state index in [1.807, 2.05) is 13.0 Å². The van der Waals surface area contributed by atoms with Crippen molar-refractivity contribution in [2.24, 2.45) is 0 Å². The standard InChI is InChI=1S/C16H24N2O/c1-11-7-13(3)15(8-12(11)2)16(19)9-14-10-17-5-6-18(14)4/h7-8,14,17H,5-6,9-10H2,1-4H3. The molecule has 3 nitrogen and oxygen atoms in total. The van der Waals surface area contributed by atoms with E-state index < -0.39 is 0 Å². The van der Waals surface area contributed by atoms with Gasteiger partial charge in [-0.1, -0.05) is 6.07 Å². The lowest BCUT2D eigenvalue weighted by Gasteiger charge is -2.32. The molecular formula is C16H24N2O. The van der Waals surface area contributed by atoms with E-state index in [4.69, 9.17) is 0 Å². The number of carbonyl (C=O) groups is 1. The zero-order chi connectivity index (χ0) is 14.0. The minimum atomic E-state index is 0.265. The molecule has 0 aliphatic carbocycles. The van der Waals surface area contributed by atoms with Crippen LogP contribution < -0.4 is 5.32 Å². The third-order valence-corrected chi connectivity index (χ3v) is 4.21. The number of benzene rings is 1. The molecule has 1 heterocycles. The number of ketones is 1. The third kappa shape index (κ3) is 3.23. The highest BCUT2D eigenvalue weighted by Crippen LogP contribution is 2.18. The van der Waals surface area contributed by atoms with Crippen LogP contribution in [0.3, 0.4) is 0 Å². The van der Waals surface area contributed by atoms with Crippen LogP contribution in [0.25, 0.3) is 0 Å². The Morgan fingerprint density at radius 1 is 1.26 bits per heavy atom. The van der Waals surface area contributed by atoms with Crippen LogP contribution in [0.4, 0.5) is 0 Å². The van der Waals surface area contributed by atoms with Crippen molar-refractivity contribution in [1.82, 2.24) is 10.2 Å². The van der Waals surface area contributed by atoms with Gasteiger partial charge in [0.15, 0.2) is 5.78 Å². The van der Waals surface area contributed by atoms with Gasteiger partial charge in [-0.3, -0.25) is 4.79 Å². The lowest BCUT2D eigenvalue weighted by Crippen LogP contribution is -2.50. The number of hydrogen-bond acceptors (Lipinski definition) is 3. The van der Waals surface area contributed by atoms with Gasteiger partial charge in [0.1, 0.15) is 0 Å². The summed E-state index contributed by atoms with van der Waals surface area (Å²) in [5.41, 5.74) is 4.44. The van der Waals surface area contributed by atoms with Gasteiger partial charge in [0.25, 0.3) is 0 Å². The Labute approximate surface area is 116 Å². The van der Waals surface area contributed by atoms with Crippen LogP contribution in [-0.4, -0.2) is 43.4 Å². The van der Waals surface area contributed by atoms with Crippen LogP contribution in [0.2, 0.25) is 0 Å². The van der Waals surface area contributed by atoms with Crippen molar-refractivity contribution in [3.8, 4) is 0 Å². The van der Waals surface area contributed by atoms with Crippen molar-refractivity contribution < 1.29 is 4.79 Å². The molecule has 0 bridgehead atoms. The predicted molar refractivity (Wildman–Crippen MR) is 78.9 cm³/mol. The van der Waals surface area contributed by atoms with E-state index in [-0.39, 0.29) is 5.78 Å². The van der Waals surface area contributed by atoms with E-state index in [9.17, 15) is 4.79 Å². The number of carbonyl (C=O) groups excluding carboxylic acids is 1. The minimum Gasteiger partial charge on any atom is -0.314 e. The number of Topliss-reactive ketones (excluding diaryl/α,β-unsaturated/α-hetero) is 1. The van der Waals surface area contributed by atoms with E-state index >= 15 is 0 Å². The predicted octanol–water partition coefficient (Wildman–Crippen LogP) is 2.09. The second kappa shape index (κ2) is 5.85. The first kappa shape index (κ1) is 14.2. The fraction of sp³-hybridized carbons (Fsp3) is 0.562. The van der Waals surface area contributed by atoms with Crippen LogP contribution in [-0.2, 0) is 0 Å². The van der Waals surface area contributed by atoms with Gasteiger partial charge in [-0.25, -0.2) is 0 Å². The van der Waals surface area contributed by atoms with Gasteiger partial charge in [0.2, 0.25) is 0 Å². The van der Waals surface area contributed by atoms with Crippen LogP contribution in [0, 0.1) is 20.8 Å². The summed E-state index contributed by atoms with van der Waals surface area (Å²) in [6.07, 6.45) is 0.604. The summed E-state index contributed by atoms with van der Waals surface area (Å²) < 4.78 is 0. The monoisotopic (exact) mass is 260 g/mol. The summed E-state index contributed by atoms with van der Waals surface area (Å²) in [6, 6.07) is 4.48. The second-order valence-corrected chi connectivity index (χ2v) is 5.72. The molecule has 1 aliphatic rings. The van der Waals surface area contributed by atoms with E-state index in [0.717, 1.165) is 30.8 Å². The van der Waals surface area contributed by atoms with Crippen molar-refractivity contribution in [2.45, 2.75) is 33.2 Å². The molecule has 1 aromatic carbocycles. The van der Waals surface area contributed by atoms with Gasteiger partial charge in [-0.2, -0.15) is 0 Å². The second-order valence-electron chi connectivity index (χ2n) is 5.72. The zero-order valence-electron chi connectivity index (χ0n) is 12.4. The lowest BCUT2D eigenvalue weighted by atomic mass is 9.94. The minimum absolute atomic E-state index is 0.265. The maximum atomic E-state index is 12.5. The number of nitrogens with one attached hydrogen (secondary N) is 1. The summed E-state index contributed by atoms with van der Waals surface area (Å²) in [7, 11) is 2.10. The number of nitrogens with zero attached hydrogens (tertiary/aromatic N) is 1. The molecule has 1 fully saturated rings. The number of hydrogen-bond donors (Lipinski definition) is 1. The summed E-state index contributed by atoms with van der Waals surface area (Å²) in [5.74, 6) is 0.265. The van der Waals surface area contributed by atoms with Gasteiger partial charge < -0.3 is 10.2 Å². The molecule has 0 amide bonds.